The van der Waals surface area contributed by atoms with E-state index < -0.39 is 11.6 Å². The van der Waals surface area contributed by atoms with Crippen LogP contribution in [-0.2, 0) is 0 Å². The summed E-state index contributed by atoms with van der Waals surface area (Å²) in [6.07, 6.45) is 0. The van der Waals surface area contributed by atoms with Crippen molar-refractivity contribution in [2.45, 2.75) is 19.8 Å². The van der Waals surface area contributed by atoms with Gasteiger partial charge in [-0.25, -0.2) is 8.78 Å². The molecule has 2 rings (SSSR count). The van der Waals surface area contributed by atoms with Gasteiger partial charge in [0, 0.05) is 17.1 Å². The van der Waals surface area contributed by atoms with Crippen molar-refractivity contribution in [3.63, 3.8) is 0 Å². The molecule has 74 valence electrons. The van der Waals surface area contributed by atoms with Gasteiger partial charge in [0.05, 0.1) is 5.52 Å². The monoisotopic (exact) mass is 195 g/mol. The molecule has 2 aromatic rings. The molecule has 0 saturated heterocycles. The molecule has 0 aliphatic rings. The van der Waals surface area contributed by atoms with Gasteiger partial charge in [-0.1, -0.05) is 13.8 Å². The van der Waals surface area contributed by atoms with Gasteiger partial charge in [-0.15, -0.1) is 0 Å². The van der Waals surface area contributed by atoms with E-state index in [-0.39, 0.29) is 5.92 Å². The number of H-pyrrole nitrogens is 1. The van der Waals surface area contributed by atoms with Crippen molar-refractivity contribution < 1.29 is 8.78 Å². The molecular weight excluding hydrogens is 184 g/mol. The standard InChI is InChI=1S/C11H11F2N/c1-6(2)10-5-8-9(13)3-7(12)4-11(8)14-10/h3-6,14H,1-2H3. The minimum absolute atomic E-state index is 0.282. The molecule has 0 unspecified atom stereocenters. The summed E-state index contributed by atoms with van der Waals surface area (Å²) in [6.45, 7) is 4.00. The van der Waals surface area contributed by atoms with E-state index in [0.29, 0.717) is 10.9 Å². The second kappa shape index (κ2) is 3.08. The van der Waals surface area contributed by atoms with E-state index in [1.807, 2.05) is 13.8 Å². The van der Waals surface area contributed by atoms with Crippen molar-refractivity contribution in [2.75, 3.05) is 0 Å². The first-order valence-electron chi connectivity index (χ1n) is 4.55. The van der Waals surface area contributed by atoms with Gasteiger partial charge in [-0.05, 0) is 18.1 Å². The Morgan fingerprint density at radius 1 is 1.14 bits per heavy atom. The van der Waals surface area contributed by atoms with Crippen LogP contribution in [0.3, 0.4) is 0 Å². The minimum Gasteiger partial charge on any atom is -0.358 e. The summed E-state index contributed by atoms with van der Waals surface area (Å²) in [5, 5.41) is 0.454. The number of hydrogen-bond acceptors (Lipinski definition) is 0. The van der Waals surface area contributed by atoms with Crippen LogP contribution in [-0.4, -0.2) is 4.98 Å². The number of nitrogens with one attached hydrogen (secondary N) is 1. The van der Waals surface area contributed by atoms with Crippen LogP contribution in [0.4, 0.5) is 8.78 Å². The zero-order chi connectivity index (χ0) is 10.3. The maximum Gasteiger partial charge on any atom is 0.135 e. The number of benzene rings is 1. The van der Waals surface area contributed by atoms with Crippen LogP contribution in [0.25, 0.3) is 10.9 Å². The lowest BCUT2D eigenvalue weighted by molar-refractivity contribution is 0.592. The third-order valence-electron chi connectivity index (χ3n) is 2.30. The van der Waals surface area contributed by atoms with E-state index in [0.717, 1.165) is 11.8 Å². The van der Waals surface area contributed by atoms with Gasteiger partial charge in [-0.2, -0.15) is 0 Å². The molecule has 1 N–H and O–H groups in total. The number of fused-ring (bicyclic) bond motifs is 1. The SMILES string of the molecule is CC(C)c1cc2c(F)cc(F)cc2[nH]1. The van der Waals surface area contributed by atoms with Gasteiger partial charge in [-0.3, -0.25) is 0 Å². The Bertz CT molecular complexity index is 471. The van der Waals surface area contributed by atoms with Crippen LogP contribution >= 0.6 is 0 Å². The van der Waals surface area contributed by atoms with Crippen LogP contribution in [0.5, 0.6) is 0 Å². The summed E-state index contributed by atoms with van der Waals surface area (Å²) in [5.41, 5.74) is 1.44. The quantitative estimate of drug-likeness (QED) is 0.716. The molecular formula is C11H11F2N. The number of rotatable bonds is 1. The first-order chi connectivity index (χ1) is 6.58. The van der Waals surface area contributed by atoms with Crippen molar-refractivity contribution in [1.82, 2.24) is 4.98 Å². The molecule has 0 saturated carbocycles. The molecule has 1 heterocycles. The highest BCUT2D eigenvalue weighted by atomic mass is 19.1. The first-order valence-corrected chi connectivity index (χ1v) is 4.55. The third-order valence-corrected chi connectivity index (χ3v) is 2.30. The van der Waals surface area contributed by atoms with Crippen molar-refractivity contribution in [3.8, 4) is 0 Å². The number of halogens is 2. The fraction of sp³-hybridized carbons (Fsp3) is 0.273. The highest BCUT2D eigenvalue weighted by molar-refractivity contribution is 5.81. The maximum atomic E-state index is 13.3. The van der Waals surface area contributed by atoms with Gasteiger partial charge in [0.1, 0.15) is 11.6 Å². The Hall–Kier alpha value is -1.38. The van der Waals surface area contributed by atoms with Gasteiger partial charge >= 0.3 is 0 Å². The molecule has 1 aromatic heterocycles. The van der Waals surface area contributed by atoms with E-state index in [4.69, 9.17) is 0 Å². The maximum absolute atomic E-state index is 13.3. The van der Waals surface area contributed by atoms with Crippen LogP contribution < -0.4 is 0 Å². The number of aromatic amines is 1. The smallest absolute Gasteiger partial charge is 0.135 e. The summed E-state index contributed by atoms with van der Waals surface area (Å²) >= 11 is 0. The van der Waals surface area contributed by atoms with Gasteiger partial charge in [0.15, 0.2) is 0 Å². The fourth-order valence-corrected chi connectivity index (χ4v) is 1.49. The molecule has 0 aliphatic carbocycles. The zero-order valence-electron chi connectivity index (χ0n) is 8.07. The predicted octanol–water partition coefficient (Wildman–Crippen LogP) is 3.57. The molecule has 0 radical (unpaired) electrons. The molecule has 0 spiro atoms. The average Bonchev–Trinajstić information content (AvgIpc) is 2.47. The average molecular weight is 195 g/mol. The summed E-state index contributed by atoms with van der Waals surface area (Å²) in [6, 6.07) is 3.94. The summed E-state index contributed by atoms with van der Waals surface area (Å²) < 4.78 is 26.1. The molecule has 0 bridgehead atoms. The molecule has 3 heteroatoms. The summed E-state index contributed by atoms with van der Waals surface area (Å²) in [5.74, 6) is -0.778. The lowest BCUT2D eigenvalue weighted by atomic mass is 10.1. The largest absolute Gasteiger partial charge is 0.358 e. The highest BCUT2D eigenvalue weighted by Gasteiger charge is 2.09. The normalized spacial score (nSPS) is 11.5. The van der Waals surface area contributed by atoms with Crippen LogP contribution in [0.1, 0.15) is 25.5 Å². The van der Waals surface area contributed by atoms with Crippen molar-refractivity contribution in [3.05, 3.63) is 35.5 Å². The van der Waals surface area contributed by atoms with Crippen molar-refractivity contribution in [1.29, 1.82) is 0 Å². The van der Waals surface area contributed by atoms with Gasteiger partial charge in [0.2, 0.25) is 0 Å². The van der Waals surface area contributed by atoms with E-state index in [1.54, 1.807) is 6.07 Å². The first kappa shape index (κ1) is 9.19. The Kier molecular flexibility index (Phi) is 2.02. The molecule has 14 heavy (non-hydrogen) atoms. The lowest BCUT2D eigenvalue weighted by Gasteiger charge is -1.97. The molecule has 1 aromatic carbocycles. The second-order valence-electron chi connectivity index (χ2n) is 3.73. The molecule has 0 atom stereocenters. The van der Waals surface area contributed by atoms with Crippen LogP contribution in [0, 0.1) is 11.6 Å². The third kappa shape index (κ3) is 1.39. The lowest BCUT2D eigenvalue weighted by Crippen LogP contribution is -1.84. The van der Waals surface area contributed by atoms with Crippen molar-refractivity contribution >= 4 is 10.9 Å². The summed E-state index contributed by atoms with van der Waals surface area (Å²) in [7, 11) is 0. The molecule has 0 fully saturated rings. The molecule has 0 aliphatic heterocycles. The minimum atomic E-state index is -0.549. The second-order valence-corrected chi connectivity index (χ2v) is 3.73. The fourth-order valence-electron chi connectivity index (χ4n) is 1.49. The Balaban J connectivity index is 2.70. The van der Waals surface area contributed by atoms with Crippen LogP contribution in [0.2, 0.25) is 0 Å². The number of hydrogen-bond donors (Lipinski definition) is 1. The predicted molar refractivity (Wildman–Crippen MR) is 52.3 cm³/mol. The van der Waals surface area contributed by atoms with E-state index in [9.17, 15) is 8.78 Å². The van der Waals surface area contributed by atoms with Gasteiger partial charge in [0.25, 0.3) is 0 Å². The van der Waals surface area contributed by atoms with Gasteiger partial charge < -0.3 is 4.98 Å². The van der Waals surface area contributed by atoms with Crippen molar-refractivity contribution in [2.24, 2.45) is 0 Å². The molecule has 1 nitrogen and oxygen atoms in total. The van der Waals surface area contributed by atoms with Crippen LogP contribution in [0.15, 0.2) is 18.2 Å². The van der Waals surface area contributed by atoms with E-state index in [1.165, 1.54) is 6.07 Å². The summed E-state index contributed by atoms with van der Waals surface area (Å²) in [4.78, 5) is 3.00. The Labute approximate surface area is 80.7 Å². The molecule has 0 amide bonds. The topological polar surface area (TPSA) is 15.8 Å². The van der Waals surface area contributed by atoms with E-state index >= 15 is 0 Å². The number of aromatic nitrogens is 1. The highest BCUT2D eigenvalue weighted by Crippen LogP contribution is 2.24. The van der Waals surface area contributed by atoms with E-state index in [2.05, 4.69) is 4.98 Å². The Morgan fingerprint density at radius 2 is 1.86 bits per heavy atom. The Morgan fingerprint density at radius 3 is 2.50 bits per heavy atom. The zero-order valence-corrected chi connectivity index (χ0v) is 8.07.